The van der Waals surface area contributed by atoms with Gasteiger partial charge in [0.2, 0.25) is 0 Å². The van der Waals surface area contributed by atoms with Crippen LogP contribution >= 0.6 is 0 Å². The lowest BCUT2D eigenvalue weighted by molar-refractivity contribution is 0.587. The van der Waals surface area contributed by atoms with Gasteiger partial charge in [0, 0.05) is 0 Å². The highest BCUT2D eigenvalue weighted by Gasteiger charge is 2.02. The first kappa shape index (κ1) is 8.07. The third-order valence-corrected chi connectivity index (χ3v) is 1.38. The molecule has 0 radical (unpaired) electrons. The van der Waals surface area contributed by atoms with Crippen molar-refractivity contribution in [1.82, 2.24) is 9.97 Å². The predicted octanol–water partition coefficient (Wildman–Crippen LogP) is 0.637. The number of hydrogen-bond acceptors (Lipinski definition) is 3. The van der Waals surface area contributed by atoms with E-state index in [1.807, 2.05) is 6.92 Å². The fourth-order valence-electron chi connectivity index (χ4n) is 0.790. The molecule has 1 heterocycles. The zero-order chi connectivity index (χ0) is 8.27. The van der Waals surface area contributed by atoms with Gasteiger partial charge in [-0.1, -0.05) is 6.92 Å². The highest BCUT2D eigenvalue weighted by atomic mass is 19.1. The Kier molecular flexibility index (Phi) is 2.48. The van der Waals surface area contributed by atoms with Crippen LogP contribution in [0, 0.1) is 5.82 Å². The number of halogens is 1. The first-order valence-corrected chi connectivity index (χ1v) is 3.48. The maximum atomic E-state index is 12.7. The fourth-order valence-corrected chi connectivity index (χ4v) is 0.790. The molecule has 4 heteroatoms. The monoisotopic (exact) mass is 155 g/mol. The van der Waals surface area contributed by atoms with Crippen molar-refractivity contribution in [3.05, 3.63) is 23.5 Å². The second kappa shape index (κ2) is 3.39. The minimum atomic E-state index is -0.357. The normalized spacial score (nSPS) is 10.1. The topological polar surface area (TPSA) is 51.8 Å². The Hall–Kier alpha value is -1.03. The Labute approximate surface area is 64.5 Å². The number of hydrogen-bond donors (Lipinski definition) is 1. The molecule has 0 amide bonds. The molecule has 0 aliphatic carbocycles. The van der Waals surface area contributed by atoms with Crippen molar-refractivity contribution in [2.45, 2.75) is 19.9 Å². The predicted molar refractivity (Wildman–Crippen MR) is 39.3 cm³/mol. The van der Waals surface area contributed by atoms with Crippen molar-refractivity contribution in [3.63, 3.8) is 0 Å². The van der Waals surface area contributed by atoms with Crippen molar-refractivity contribution in [1.29, 1.82) is 0 Å². The van der Waals surface area contributed by atoms with Crippen molar-refractivity contribution in [2.24, 2.45) is 5.73 Å². The molecule has 0 aliphatic rings. The van der Waals surface area contributed by atoms with Gasteiger partial charge in [-0.25, -0.2) is 14.4 Å². The summed E-state index contributed by atoms with van der Waals surface area (Å²) in [5.41, 5.74) is 5.71. The summed E-state index contributed by atoms with van der Waals surface area (Å²) < 4.78 is 12.7. The largest absolute Gasteiger partial charge is 0.324 e. The summed E-state index contributed by atoms with van der Waals surface area (Å²) in [5, 5.41) is 0. The summed E-state index contributed by atoms with van der Waals surface area (Å²) in [6, 6.07) is 0. The van der Waals surface area contributed by atoms with Crippen LogP contribution in [0.5, 0.6) is 0 Å². The van der Waals surface area contributed by atoms with Gasteiger partial charge in [0.25, 0.3) is 0 Å². The Bertz CT molecular complexity index is 249. The summed E-state index contributed by atoms with van der Waals surface area (Å²) >= 11 is 0. The van der Waals surface area contributed by atoms with E-state index in [2.05, 4.69) is 9.97 Å². The van der Waals surface area contributed by atoms with E-state index in [0.29, 0.717) is 17.9 Å². The SMILES string of the molecule is CCc1nc(CN)ncc1F. The van der Waals surface area contributed by atoms with E-state index in [0.717, 1.165) is 6.20 Å². The van der Waals surface area contributed by atoms with Crippen LogP contribution in [0.25, 0.3) is 0 Å². The summed E-state index contributed by atoms with van der Waals surface area (Å²) in [6.45, 7) is 2.10. The van der Waals surface area contributed by atoms with E-state index in [9.17, 15) is 4.39 Å². The first-order valence-electron chi connectivity index (χ1n) is 3.48. The minimum absolute atomic E-state index is 0.257. The number of aryl methyl sites for hydroxylation is 1. The molecule has 0 bridgehead atoms. The van der Waals surface area contributed by atoms with Crippen LogP contribution in [0.3, 0.4) is 0 Å². The molecule has 0 aliphatic heterocycles. The quantitative estimate of drug-likeness (QED) is 0.681. The molecular weight excluding hydrogens is 145 g/mol. The molecule has 1 aromatic heterocycles. The van der Waals surface area contributed by atoms with Crippen LogP contribution < -0.4 is 5.73 Å². The van der Waals surface area contributed by atoms with Crippen molar-refractivity contribution >= 4 is 0 Å². The number of nitrogens with zero attached hydrogens (tertiary/aromatic N) is 2. The van der Waals surface area contributed by atoms with Gasteiger partial charge in [-0.05, 0) is 6.42 Å². The average molecular weight is 155 g/mol. The molecule has 1 rings (SSSR count). The van der Waals surface area contributed by atoms with E-state index >= 15 is 0 Å². The number of aromatic nitrogens is 2. The Balaban J connectivity index is 3.02. The Morgan fingerprint density at radius 3 is 2.91 bits per heavy atom. The zero-order valence-corrected chi connectivity index (χ0v) is 6.34. The molecule has 0 unspecified atom stereocenters. The molecule has 3 nitrogen and oxygen atoms in total. The summed E-state index contributed by atoms with van der Waals surface area (Å²) in [6.07, 6.45) is 1.73. The molecule has 0 saturated heterocycles. The summed E-state index contributed by atoms with van der Waals surface area (Å²) in [7, 11) is 0. The molecule has 11 heavy (non-hydrogen) atoms. The van der Waals surface area contributed by atoms with Gasteiger partial charge in [-0.3, -0.25) is 0 Å². The fraction of sp³-hybridized carbons (Fsp3) is 0.429. The van der Waals surface area contributed by atoms with Crippen molar-refractivity contribution in [3.8, 4) is 0 Å². The second-order valence-corrected chi connectivity index (χ2v) is 2.14. The van der Waals surface area contributed by atoms with Crippen LogP contribution in [0.1, 0.15) is 18.4 Å². The van der Waals surface area contributed by atoms with Crippen molar-refractivity contribution in [2.75, 3.05) is 0 Å². The summed E-state index contributed by atoms with van der Waals surface area (Å²) in [5.74, 6) is 0.132. The third kappa shape index (κ3) is 1.71. The van der Waals surface area contributed by atoms with Crippen LogP contribution in [0.2, 0.25) is 0 Å². The van der Waals surface area contributed by atoms with Gasteiger partial charge < -0.3 is 5.73 Å². The minimum Gasteiger partial charge on any atom is -0.324 e. The molecule has 60 valence electrons. The van der Waals surface area contributed by atoms with Crippen LogP contribution in [0.4, 0.5) is 4.39 Å². The highest BCUT2D eigenvalue weighted by Crippen LogP contribution is 2.02. The van der Waals surface area contributed by atoms with E-state index in [4.69, 9.17) is 5.73 Å². The van der Waals surface area contributed by atoms with Gasteiger partial charge >= 0.3 is 0 Å². The molecule has 0 spiro atoms. The van der Waals surface area contributed by atoms with Crippen molar-refractivity contribution < 1.29 is 4.39 Å². The maximum Gasteiger partial charge on any atom is 0.162 e. The molecular formula is C7H10FN3. The van der Waals surface area contributed by atoms with Crippen LogP contribution in [-0.4, -0.2) is 9.97 Å². The van der Waals surface area contributed by atoms with Crippen LogP contribution in [0.15, 0.2) is 6.20 Å². The molecule has 0 fully saturated rings. The Morgan fingerprint density at radius 2 is 2.36 bits per heavy atom. The van der Waals surface area contributed by atoms with Gasteiger partial charge in [0.1, 0.15) is 5.82 Å². The number of nitrogens with two attached hydrogens (primary N) is 1. The first-order chi connectivity index (χ1) is 5.27. The molecule has 2 N–H and O–H groups in total. The Morgan fingerprint density at radius 1 is 1.64 bits per heavy atom. The summed E-state index contributed by atoms with van der Waals surface area (Å²) in [4.78, 5) is 7.59. The van der Waals surface area contributed by atoms with E-state index in [1.54, 1.807) is 0 Å². The van der Waals surface area contributed by atoms with E-state index in [-0.39, 0.29) is 12.4 Å². The highest BCUT2D eigenvalue weighted by molar-refractivity contribution is 5.04. The molecule has 0 aromatic carbocycles. The average Bonchev–Trinajstić information content (AvgIpc) is 2.05. The van der Waals surface area contributed by atoms with Crippen LogP contribution in [-0.2, 0) is 13.0 Å². The zero-order valence-electron chi connectivity index (χ0n) is 6.34. The third-order valence-electron chi connectivity index (χ3n) is 1.38. The molecule has 1 aromatic rings. The van der Waals surface area contributed by atoms with Gasteiger partial charge in [-0.2, -0.15) is 0 Å². The van der Waals surface area contributed by atoms with Gasteiger partial charge in [0.15, 0.2) is 5.82 Å². The lowest BCUT2D eigenvalue weighted by Crippen LogP contribution is -2.06. The lowest BCUT2D eigenvalue weighted by atomic mass is 10.3. The maximum absolute atomic E-state index is 12.7. The standard InChI is InChI=1S/C7H10FN3/c1-2-6-5(8)4-10-7(3-9)11-6/h4H,2-3,9H2,1H3. The smallest absolute Gasteiger partial charge is 0.162 e. The number of rotatable bonds is 2. The molecule has 0 atom stereocenters. The van der Waals surface area contributed by atoms with E-state index < -0.39 is 0 Å². The van der Waals surface area contributed by atoms with Gasteiger partial charge in [0.05, 0.1) is 18.4 Å². The van der Waals surface area contributed by atoms with E-state index in [1.165, 1.54) is 0 Å². The second-order valence-electron chi connectivity index (χ2n) is 2.14. The molecule has 0 saturated carbocycles. The lowest BCUT2D eigenvalue weighted by Gasteiger charge is -1.99. The van der Waals surface area contributed by atoms with Gasteiger partial charge in [-0.15, -0.1) is 0 Å².